The van der Waals surface area contributed by atoms with Gasteiger partial charge in [-0.3, -0.25) is 14.9 Å². The molecule has 0 saturated carbocycles. The fourth-order valence-electron chi connectivity index (χ4n) is 2.50. The van der Waals surface area contributed by atoms with Gasteiger partial charge in [-0.15, -0.1) is 0 Å². The molecule has 0 saturated heterocycles. The van der Waals surface area contributed by atoms with Crippen LogP contribution in [-0.2, 0) is 11.2 Å². The quantitative estimate of drug-likeness (QED) is 0.448. The van der Waals surface area contributed by atoms with Crippen LogP contribution in [0.25, 0.3) is 0 Å². The molecule has 2 rings (SSSR count). The smallest absolute Gasteiger partial charge is 0.269 e. The number of rotatable bonds is 8. The molecule has 0 atom stereocenters. The molecule has 136 valence electrons. The van der Waals surface area contributed by atoms with Crippen LogP contribution in [-0.4, -0.2) is 30.1 Å². The van der Waals surface area contributed by atoms with Crippen LogP contribution in [0.2, 0.25) is 0 Å². The van der Waals surface area contributed by atoms with Gasteiger partial charge in [-0.05, 0) is 37.1 Å². The fourth-order valence-corrected chi connectivity index (χ4v) is 2.50. The van der Waals surface area contributed by atoms with Crippen molar-refractivity contribution in [2.45, 2.75) is 20.3 Å². The van der Waals surface area contributed by atoms with Crippen molar-refractivity contribution in [3.05, 3.63) is 69.8 Å². The van der Waals surface area contributed by atoms with E-state index in [1.807, 2.05) is 24.3 Å². The summed E-state index contributed by atoms with van der Waals surface area (Å²) >= 11 is 0. The molecule has 0 radical (unpaired) electrons. The summed E-state index contributed by atoms with van der Waals surface area (Å²) in [4.78, 5) is 24.3. The first-order valence-electron chi connectivity index (χ1n) is 8.43. The number of non-ortho nitro benzene ring substituents is 1. The third kappa shape index (κ3) is 5.41. The van der Waals surface area contributed by atoms with Gasteiger partial charge in [0.05, 0.1) is 17.6 Å². The minimum absolute atomic E-state index is 0.000313. The maximum absolute atomic E-state index is 11.9. The summed E-state index contributed by atoms with van der Waals surface area (Å²) in [6, 6.07) is 13.8. The van der Waals surface area contributed by atoms with Crippen LogP contribution in [0.3, 0.4) is 0 Å². The van der Waals surface area contributed by atoms with Crippen LogP contribution in [0.4, 0.5) is 11.4 Å². The number of benzene rings is 2. The van der Waals surface area contributed by atoms with Crippen molar-refractivity contribution in [3.8, 4) is 0 Å². The average molecular weight is 354 g/mol. The molecule has 0 unspecified atom stereocenters. The molecule has 2 aromatic carbocycles. The van der Waals surface area contributed by atoms with Gasteiger partial charge >= 0.3 is 0 Å². The molecular weight excluding hydrogens is 332 g/mol. The molecule has 0 fully saturated rings. The Hall–Kier alpha value is -3.22. The van der Waals surface area contributed by atoms with E-state index in [4.69, 9.17) is 0 Å². The van der Waals surface area contributed by atoms with Crippen molar-refractivity contribution in [2.24, 2.45) is 5.10 Å². The number of nitrogens with zero attached hydrogens (tertiary/aromatic N) is 3. The largest absolute Gasteiger partial charge is 0.372 e. The van der Waals surface area contributed by atoms with Crippen molar-refractivity contribution >= 4 is 23.5 Å². The lowest BCUT2D eigenvalue weighted by molar-refractivity contribution is -0.384. The molecule has 0 heterocycles. The van der Waals surface area contributed by atoms with Crippen LogP contribution in [0.15, 0.2) is 53.6 Å². The number of hydrogen-bond acceptors (Lipinski definition) is 5. The lowest BCUT2D eigenvalue weighted by atomic mass is 10.1. The first-order valence-corrected chi connectivity index (χ1v) is 8.43. The Balaban J connectivity index is 1.87. The van der Waals surface area contributed by atoms with Crippen LogP contribution < -0.4 is 10.3 Å². The van der Waals surface area contributed by atoms with Gasteiger partial charge < -0.3 is 4.90 Å². The topological polar surface area (TPSA) is 87.8 Å². The second-order valence-electron chi connectivity index (χ2n) is 5.66. The van der Waals surface area contributed by atoms with Gasteiger partial charge in [0.1, 0.15) is 0 Å². The predicted molar refractivity (Wildman–Crippen MR) is 103 cm³/mol. The molecule has 7 nitrogen and oxygen atoms in total. The molecule has 0 aromatic heterocycles. The second-order valence-corrected chi connectivity index (χ2v) is 5.66. The summed E-state index contributed by atoms with van der Waals surface area (Å²) in [5, 5.41) is 14.6. The summed E-state index contributed by atoms with van der Waals surface area (Å²) in [5.74, 6) is -0.283. The summed E-state index contributed by atoms with van der Waals surface area (Å²) in [6.07, 6.45) is 1.69. The molecule has 0 aliphatic carbocycles. The molecule has 0 bridgehead atoms. The van der Waals surface area contributed by atoms with Crippen LogP contribution >= 0.6 is 0 Å². The van der Waals surface area contributed by atoms with E-state index in [9.17, 15) is 14.9 Å². The summed E-state index contributed by atoms with van der Waals surface area (Å²) in [6.45, 7) is 6.12. The van der Waals surface area contributed by atoms with E-state index in [-0.39, 0.29) is 18.0 Å². The molecule has 2 aromatic rings. The van der Waals surface area contributed by atoms with E-state index in [0.29, 0.717) is 5.56 Å². The zero-order chi connectivity index (χ0) is 18.9. The van der Waals surface area contributed by atoms with Gasteiger partial charge in [-0.2, -0.15) is 5.10 Å². The number of carbonyl (C=O) groups is 1. The zero-order valence-corrected chi connectivity index (χ0v) is 14.9. The fraction of sp³-hybridized carbons (Fsp3) is 0.263. The summed E-state index contributed by atoms with van der Waals surface area (Å²) < 4.78 is 0. The van der Waals surface area contributed by atoms with E-state index < -0.39 is 4.92 Å². The van der Waals surface area contributed by atoms with Crippen LogP contribution in [0, 0.1) is 10.1 Å². The van der Waals surface area contributed by atoms with Gasteiger partial charge in [-0.1, -0.05) is 24.3 Å². The number of hydrazone groups is 1. The summed E-state index contributed by atoms with van der Waals surface area (Å²) in [7, 11) is 0. The molecule has 7 heteroatoms. The van der Waals surface area contributed by atoms with Crippen LogP contribution in [0.5, 0.6) is 0 Å². The van der Waals surface area contributed by atoms with Gasteiger partial charge in [0.15, 0.2) is 0 Å². The normalized spacial score (nSPS) is 10.7. The standard InChI is InChI=1S/C19H22N4O3/c1-3-22(4-2)17-9-7-16(8-10-17)14-20-21-19(24)13-15-5-11-18(12-6-15)23(25)26/h5-12,14H,3-4,13H2,1-2H3,(H,21,24)/b20-14-. The number of anilines is 1. The van der Waals surface area contributed by atoms with Crippen molar-refractivity contribution < 1.29 is 9.72 Å². The number of nitrogens with one attached hydrogen (secondary N) is 1. The van der Waals surface area contributed by atoms with Gasteiger partial charge in [0.2, 0.25) is 5.91 Å². The highest BCUT2D eigenvalue weighted by molar-refractivity contribution is 5.83. The van der Waals surface area contributed by atoms with Gasteiger partial charge in [0.25, 0.3) is 5.69 Å². The molecular formula is C19H22N4O3. The van der Waals surface area contributed by atoms with E-state index in [1.165, 1.54) is 12.1 Å². The molecule has 1 amide bonds. The van der Waals surface area contributed by atoms with E-state index in [2.05, 4.69) is 29.3 Å². The zero-order valence-electron chi connectivity index (χ0n) is 14.9. The first kappa shape index (κ1) is 19.1. The lowest BCUT2D eigenvalue weighted by Gasteiger charge is -2.20. The minimum atomic E-state index is -0.473. The lowest BCUT2D eigenvalue weighted by Crippen LogP contribution is -2.21. The third-order valence-corrected chi connectivity index (χ3v) is 3.94. The van der Waals surface area contributed by atoms with Crippen molar-refractivity contribution in [1.29, 1.82) is 0 Å². The maximum atomic E-state index is 11.9. The Kier molecular flexibility index (Phi) is 6.84. The SMILES string of the molecule is CCN(CC)c1ccc(/C=N\NC(=O)Cc2ccc([N+](=O)[O-])cc2)cc1. The molecule has 0 aliphatic rings. The highest BCUT2D eigenvalue weighted by Crippen LogP contribution is 2.14. The Labute approximate surface area is 152 Å². The molecule has 0 spiro atoms. The van der Waals surface area contributed by atoms with E-state index in [1.54, 1.807) is 18.3 Å². The number of amides is 1. The highest BCUT2D eigenvalue weighted by atomic mass is 16.6. The van der Waals surface area contributed by atoms with Gasteiger partial charge in [0, 0.05) is 30.9 Å². The van der Waals surface area contributed by atoms with Crippen molar-refractivity contribution in [3.63, 3.8) is 0 Å². The Morgan fingerprint density at radius 1 is 1.12 bits per heavy atom. The first-order chi connectivity index (χ1) is 12.5. The summed E-state index contributed by atoms with van der Waals surface area (Å²) in [5.41, 5.74) is 5.18. The highest BCUT2D eigenvalue weighted by Gasteiger charge is 2.06. The Morgan fingerprint density at radius 3 is 2.27 bits per heavy atom. The number of nitro groups is 1. The monoisotopic (exact) mass is 354 g/mol. The number of carbonyl (C=O) groups excluding carboxylic acids is 1. The van der Waals surface area contributed by atoms with E-state index >= 15 is 0 Å². The maximum Gasteiger partial charge on any atom is 0.269 e. The van der Waals surface area contributed by atoms with Crippen molar-refractivity contribution in [2.75, 3.05) is 18.0 Å². The van der Waals surface area contributed by atoms with Crippen molar-refractivity contribution in [1.82, 2.24) is 5.43 Å². The third-order valence-electron chi connectivity index (χ3n) is 3.94. The molecule has 1 N–H and O–H groups in total. The second kappa shape index (κ2) is 9.31. The molecule has 26 heavy (non-hydrogen) atoms. The Morgan fingerprint density at radius 2 is 1.73 bits per heavy atom. The molecule has 0 aliphatic heterocycles. The number of nitro benzene ring substituents is 1. The average Bonchev–Trinajstić information content (AvgIpc) is 2.64. The van der Waals surface area contributed by atoms with E-state index in [0.717, 1.165) is 24.3 Å². The van der Waals surface area contributed by atoms with Crippen LogP contribution in [0.1, 0.15) is 25.0 Å². The predicted octanol–water partition coefficient (Wildman–Crippen LogP) is 3.13. The number of hydrogen-bond donors (Lipinski definition) is 1. The minimum Gasteiger partial charge on any atom is -0.372 e. The van der Waals surface area contributed by atoms with Gasteiger partial charge in [-0.25, -0.2) is 5.43 Å². The Bertz CT molecular complexity index is 766.